The minimum absolute atomic E-state index is 0.0612. The van der Waals surface area contributed by atoms with Gasteiger partial charge in [-0.15, -0.1) is 0 Å². The third kappa shape index (κ3) is 5.57. The number of carbonyl (C=O) groups excluding carboxylic acids is 2. The average Bonchev–Trinajstić information content (AvgIpc) is 3.54. The highest BCUT2D eigenvalue weighted by Gasteiger charge is 2.30. The first-order valence-electron chi connectivity index (χ1n) is 11.0. The molecule has 1 N–H and O–H groups in total. The number of rotatable bonds is 8. The highest BCUT2D eigenvalue weighted by atomic mass is 32.2. The third-order valence-corrected chi connectivity index (χ3v) is 7.61. The van der Waals surface area contributed by atoms with Crippen LogP contribution in [0.3, 0.4) is 0 Å². The highest BCUT2D eigenvalue weighted by Crippen LogP contribution is 2.20. The van der Waals surface area contributed by atoms with E-state index >= 15 is 0 Å². The molecule has 0 unspecified atom stereocenters. The molecule has 1 aliphatic heterocycles. The molecule has 10 heteroatoms. The van der Waals surface area contributed by atoms with Gasteiger partial charge in [0.15, 0.2) is 0 Å². The molecule has 0 spiro atoms. The molecular weight excluding hydrogens is 458 g/mol. The van der Waals surface area contributed by atoms with E-state index in [4.69, 9.17) is 8.83 Å². The van der Waals surface area contributed by atoms with Gasteiger partial charge in [0.1, 0.15) is 12.0 Å². The third-order valence-electron chi connectivity index (χ3n) is 5.81. The Morgan fingerprint density at radius 2 is 1.82 bits per heavy atom. The van der Waals surface area contributed by atoms with E-state index in [-0.39, 0.29) is 29.9 Å². The quantitative estimate of drug-likeness (QED) is 0.525. The van der Waals surface area contributed by atoms with Crippen LogP contribution in [-0.2, 0) is 21.4 Å². The zero-order valence-electron chi connectivity index (χ0n) is 18.8. The summed E-state index contributed by atoms with van der Waals surface area (Å²) < 4.78 is 38.0. The standard InChI is InChI=1S/C24H27N3O6S/c1-18-4-6-22(7-5-18)34(30,31)27(15-21-3-2-13-33-21)16-23(28)25-20-8-11-26(12-9-20)24(29)19-10-14-32-17-19/h2-7,10,13-14,17,20H,8-9,11-12,15-16H2,1H3,(H,25,28). The van der Waals surface area contributed by atoms with Crippen LogP contribution in [0.1, 0.15) is 34.5 Å². The zero-order chi connectivity index (χ0) is 24.1. The van der Waals surface area contributed by atoms with Gasteiger partial charge in [0.05, 0.1) is 36.1 Å². The molecule has 0 atom stereocenters. The number of piperidine rings is 1. The SMILES string of the molecule is Cc1ccc(S(=O)(=O)N(CC(=O)NC2CCN(C(=O)c3ccoc3)CC2)Cc2ccco2)cc1. The maximum Gasteiger partial charge on any atom is 0.257 e. The van der Waals surface area contributed by atoms with Crippen molar-refractivity contribution in [1.82, 2.24) is 14.5 Å². The van der Waals surface area contributed by atoms with E-state index in [0.29, 0.717) is 37.3 Å². The molecule has 34 heavy (non-hydrogen) atoms. The second kappa shape index (κ2) is 10.3. The van der Waals surface area contributed by atoms with Gasteiger partial charge in [-0.1, -0.05) is 17.7 Å². The van der Waals surface area contributed by atoms with Crippen molar-refractivity contribution in [2.24, 2.45) is 0 Å². The largest absolute Gasteiger partial charge is 0.472 e. The molecule has 180 valence electrons. The van der Waals surface area contributed by atoms with Crippen molar-refractivity contribution < 1.29 is 26.8 Å². The van der Waals surface area contributed by atoms with Gasteiger partial charge in [-0.3, -0.25) is 9.59 Å². The average molecular weight is 486 g/mol. The van der Waals surface area contributed by atoms with Crippen LogP contribution in [0, 0.1) is 6.92 Å². The predicted molar refractivity (Wildman–Crippen MR) is 123 cm³/mol. The van der Waals surface area contributed by atoms with E-state index in [1.807, 2.05) is 6.92 Å². The fourth-order valence-electron chi connectivity index (χ4n) is 3.89. The molecule has 0 bridgehead atoms. The first-order chi connectivity index (χ1) is 16.3. The van der Waals surface area contributed by atoms with Crippen molar-refractivity contribution in [2.45, 2.75) is 37.2 Å². The molecule has 1 fully saturated rings. The summed E-state index contributed by atoms with van der Waals surface area (Å²) in [4.78, 5) is 27.1. The number of benzene rings is 1. The number of furan rings is 2. The molecule has 3 aromatic rings. The van der Waals surface area contributed by atoms with Gasteiger partial charge in [0.2, 0.25) is 15.9 Å². The van der Waals surface area contributed by atoms with Crippen molar-refractivity contribution in [3.05, 3.63) is 78.1 Å². The topological polar surface area (TPSA) is 113 Å². The van der Waals surface area contributed by atoms with Crippen molar-refractivity contribution in [3.63, 3.8) is 0 Å². The normalized spacial score (nSPS) is 14.9. The lowest BCUT2D eigenvalue weighted by Crippen LogP contribution is -2.49. The molecule has 1 aromatic carbocycles. The van der Waals surface area contributed by atoms with E-state index in [9.17, 15) is 18.0 Å². The Hall–Kier alpha value is -3.37. The Labute approximate surface area is 198 Å². The number of aryl methyl sites for hydroxylation is 1. The second-order valence-electron chi connectivity index (χ2n) is 8.31. The molecule has 0 radical (unpaired) electrons. The summed E-state index contributed by atoms with van der Waals surface area (Å²) in [7, 11) is -3.92. The summed E-state index contributed by atoms with van der Waals surface area (Å²) in [6.45, 7) is 2.46. The molecule has 1 aliphatic rings. The molecule has 4 rings (SSSR count). The molecule has 2 amide bonds. The number of sulfonamides is 1. The molecule has 0 aliphatic carbocycles. The van der Waals surface area contributed by atoms with E-state index < -0.39 is 15.9 Å². The number of hydrogen-bond donors (Lipinski definition) is 1. The first-order valence-corrected chi connectivity index (χ1v) is 12.5. The van der Waals surface area contributed by atoms with Crippen LogP contribution >= 0.6 is 0 Å². The Bertz CT molecular complexity index is 1200. The molecule has 3 heterocycles. The van der Waals surface area contributed by atoms with Crippen LogP contribution in [0.4, 0.5) is 0 Å². The highest BCUT2D eigenvalue weighted by molar-refractivity contribution is 7.89. The summed E-state index contributed by atoms with van der Waals surface area (Å²) in [5, 5.41) is 2.92. The van der Waals surface area contributed by atoms with Gasteiger partial charge in [-0.2, -0.15) is 4.31 Å². The summed E-state index contributed by atoms with van der Waals surface area (Å²) in [6, 6.07) is 11.3. The zero-order valence-corrected chi connectivity index (χ0v) is 19.7. The fourth-order valence-corrected chi connectivity index (χ4v) is 5.25. The molecule has 2 aromatic heterocycles. The maximum atomic E-state index is 13.3. The number of hydrogen-bond acceptors (Lipinski definition) is 6. The lowest BCUT2D eigenvalue weighted by atomic mass is 10.0. The van der Waals surface area contributed by atoms with Crippen LogP contribution < -0.4 is 5.32 Å². The van der Waals surface area contributed by atoms with E-state index in [1.165, 1.54) is 30.9 Å². The number of carbonyl (C=O) groups is 2. The van der Waals surface area contributed by atoms with Gasteiger partial charge >= 0.3 is 0 Å². The molecule has 0 saturated carbocycles. The minimum Gasteiger partial charge on any atom is -0.472 e. The minimum atomic E-state index is -3.92. The summed E-state index contributed by atoms with van der Waals surface area (Å²) in [5.41, 5.74) is 1.43. The maximum absolute atomic E-state index is 13.3. The summed E-state index contributed by atoms with van der Waals surface area (Å²) in [6.07, 6.45) is 5.50. The van der Waals surface area contributed by atoms with E-state index in [2.05, 4.69) is 5.32 Å². The first kappa shape index (κ1) is 23.8. The van der Waals surface area contributed by atoms with Gasteiger partial charge in [0.25, 0.3) is 5.91 Å². The van der Waals surface area contributed by atoms with Gasteiger partial charge in [-0.05, 0) is 50.1 Å². The molecular formula is C24H27N3O6S. The van der Waals surface area contributed by atoms with Crippen LogP contribution in [-0.4, -0.2) is 55.1 Å². The van der Waals surface area contributed by atoms with Crippen LogP contribution in [0.15, 0.2) is 75.0 Å². The number of likely N-dealkylation sites (tertiary alicyclic amines) is 1. The Morgan fingerprint density at radius 3 is 2.44 bits per heavy atom. The van der Waals surface area contributed by atoms with Crippen LogP contribution in [0.2, 0.25) is 0 Å². The van der Waals surface area contributed by atoms with Crippen LogP contribution in [0.25, 0.3) is 0 Å². The summed E-state index contributed by atoms with van der Waals surface area (Å²) >= 11 is 0. The summed E-state index contributed by atoms with van der Waals surface area (Å²) in [5.74, 6) is -0.0660. The lowest BCUT2D eigenvalue weighted by molar-refractivity contribution is -0.122. The van der Waals surface area contributed by atoms with Gasteiger partial charge in [-0.25, -0.2) is 8.42 Å². The van der Waals surface area contributed by atoms with E-state index in [1.54, 1.807) is 35.2 Å². The van der Waals surface area contributed by atoms with Crippen molar-refractivity contribution in [2.75, 3.05) is 19.6 Å². The molecule has 9 nitrogen and oxygen atoms in total. The Morgan fingerprint density at radius 1 is 1.09 bits per heavy atom. The fraction of sp³-hybridized carbons (Fsp3) is 0.333. The number of amides is 2. The van der Waals surface area contributed by atoms with Crippen molar-refractivity contribution in [1.29, 1.82) is 0 Å². The smallest absolute Gasteiger partial charge is 0.257 e. The van der Waals surface area contributed by atoms with Crippen molar-refractivity contribution in [3.8, 4) is 0 Å². The Balaban J connectivity index is 1.39. The monoisotopic (exact) mass is 485 g/mol. The van der Waals surface area contributed by atoms with Crippen LogP contribution in [0.5, 0.6) is 0 Å². The number of nitrogens with zero attached hydrogens (tertiary/aromatic N) is 2. The second-order valence-corrected chi connectivity index (χ2v) is 10.2. The van der Waals surface area contributed by atoms with E-state index in [0.717, 1.165) is 9.87 Å². The predicted octanol–water partition coefficient (Wildman–Crippen LogP) is 2.79. The van der Waals surface area contributed by atoms with Gasteiger partial charge < -0.3 is 19.1 Å². The van der Waals surface area contributed by atoms with Crippen molar-refractivity contribution >= 4 is 21.8 Å². The lowest BCUT2D eigenvalue weighted by Gasteiger charge is -2.32. The van der Waals surface area contributed by atoms with Gasteiger partial charge in [0, 0.05) is 19.1 Å². The number of nitrogens with one attached hydrogen (secondary N) is 1. The Kier molecular flexibility index (Phi) is 7.18. The molecule has 1 saturated heterocycles.